The Labute approximate surface area is 190 Å². The topological polar surface area (TPSA) is 93.7 Å². The van der Waals surface area contributed by atoms with E-state index in [0.717, 1.165) is 16.7 Å². The fourth-order valence-corrected chi connectivity index (χ4v) is 4.18. The molecule has 1 aliphatic rings. The Morgan fingerprint density at radius 1 is 1.06 bits per heavy atom. The lowest BCUT2D eigenvalue weighted by molar-refractivity contribution is -0.384. The second-order valence-corrected chi connectivity index (χ2v) is 8.29. The molecule has 2 aromatic carbocycles. The Morgan fingerprint density at radius 2 is 1.84 bits per heavy atom. The Bertz CT molecular complexity index is 1250. The van der Waals surface area contributed by atoms with E-state index in [0.29, 0.717) is 27.7 Å². The van der Waals surface area contributed by atoms with Gasteiger partial charge in [0.1, 0.15) is 11.5 Å². The number of amides is 2. The number of carbonyl (C=O) groups excluding carboxylic acids is 2. The molecular weight excluding hydrogens is 463 g/mol. The van der Waals surface area contributed by atoms with Crippen molar-refractivity contribution >= 4 is 57.9 Å². The first kappa shape index (κ1) is 21.2. The average molecular weight is 475 g/mol. The predicted molar refractivity (Wildman–Crippen MR) is 119 cm³/mol. The van der Waals surface area contributed by atoms with Crippen LogP contribution < -0.4 is 0 Å². The van der Waals surface area contributed by atoms with Gasteiger partial charge in [0.2, 0.25) is 0 Å². The molecule has 0 unspecified atom stereocenters. The van der Waals surface area contributed by atoms with Crippen molar-refractivity contribution in [3.05, 3.63) is 91.0 Å². The molecule has 0 aliphatic carbocycles. The van der Waals surface area contributed by atoms with E-state index < -0.39 is 16.1 Å². The molecular formula is C21H12Cl2N2O5S. The molecule has 156 valence electrons. The largest absolute Gasteiger partial charge is 0.457 e. The SMILES string of the molecule is O=C1S/C(=C\c2ccc(-c3cc([N+](=O)[O-])ccc3Cl)o2)C(=O)N1Cc1ccccc1Cl. The summed E-state index contributed by atoms with van der Waals surface area (Å²) in [6.07, 6.45) is 1.45. The smallest absolute Gasteiger partial charge is 0.293 e. The molecule has 0 N–H and O–H groups in total. The van der Waals surface area contributed by atoms with Crippen LogP contribution >= 0.6 is 35.0 Å². The average Bonchev–Trinajstić information content (AvgIpc) is 3.30. The normalized spacial score (nSPS) is 15.2. The molecule has 1 aromatic heterocycles. The van der Waals surface area contributed by atoms with Crippen LogP contribution in [0.4, 0.5) is 10.5 Å². The van der Waals surface area contributed by atoms with Gasteiger partial charge in [0.15, 0.2) is 0 Å². The molecule has 0 spiro atoms. The number of imide groups is 1. The van der Waals surface area contributed by atoms with Gasteiger partial charge >= 0.3 is 0 Å². The molecule has 0 radical (unpaired) electrons. The van der Waals surface area contributed by atoms with E-state index in [2.05, 4.69) is 0 Å². The number of rotatable bonds is 5. The summed E-state index contributed by atoms with van der Waals surface area (Å²) in [5.41, 5.74) is 0.883. The Morgan fingerprint density at radius 3 is 2.58 bits per heavy atom. The van der Waals surface area contributed by atoms with Gasteiger partial charge in [-0.2, -0.15) is 0 Å². The second-order valence-electron chi connectivity index (χ2n) is 6.48. The lowest BCUT2D eigenvalue weighted by Gasteiger charge is -2.13. The summed E-state index contributed by atoms with van der Waals surface area (Å²) in [5, 5.41) is 11.4. The lowest BCUT2D eigenvalue weighted by atomic mass is 10.1. The summed E-state index contributed by atoms with van der Waals surface area (Å²) in [4.78, 5) is 36.9. The molecule has 1 saturated heterocycles. The van der Waals surface area contributed by atoms with Crippen molar-refractivity contribution in [3.8, 4) is 11.3 Å². The van der Waals surface area contributed by atoms with Crippen LogP contribution in [0.3, 0.4) is 0 Å². The zero-order chi connectivity index (χ0) is 22.1. The third-order valence-corrected chi connectivity index (χ3v) is 6.09. The van der Waals surface area contributed by atoms with Gasteiger partial charge in [-0.25, -0.2) is 0 Å². The number of carbonyl (C=O) groups is 2. The number of nitro groups is 1. The number of thioether (sulfide) groups is 1. The van der Waals surface area contributed by atoms with Gasteiger partial charge in [-0.05, 0) is 41.6 Å². The second kappa shape index (κ2) is 8.58. The highest BCUT2D eigenvalue weighted by molar-refractivity contribution is 8.18. The third-order valence-electron chi connectivity index (χ3n) is 4.49. The number of halogens is 2. The van der Waals surface area contributed by atoms with E-state index in [9.17, 15) is 19.7 Å². The molecule has 2 amide bonds. The van der Waals surface area contributed by atoms with Crippen molar-refractivity contribution in [2.75, 3.05) is 0 Å². The maximum absolute atomic E-state index is 12.7. The van der Waals surface area contributed by atoms with Crippen molar-refractivity contribution in [1.82, 2.24) is 4.90 Å². The zero-order valence-corrected chi connectivity index (χ0v) is 17.9. The molecule has 3 aromatic rings. The van der Waals surface area contributed by atoms with Crippen molar-refractivity contribution in [3.63, 3.8) is 0 Å². The van der Waals surface area contributed by atoms with Crippen LogP contribution in [0.25, 0.3) is 17.4 Å². The summed E-state index contributed by atoms with van der Waals surface area (Å²) in [6.45, 7) is 0.0639. The molecule has 10 heteroatoms. The predicted octanol–water partition coefficient (Wildman–Crippen LogP) is 6.40. The van der Waals surface area contributed by atoms with Crippen molar-refractivity contribution in [1.29, 1.82) is 0 Å². The Balaban J connectivity index is 1.58. The first-order valence-electron chi connectivity index (χ1n) is 8.86. The summed E-state index contributed by atoms with van der Waals surface area (Å²) >= 11 is 13.1. The molecule has 1 aliphatic heterocycles. The van der Waals surface area contributed by atoms with Crippen LogP contribution in [-0.4, -0.2) is 21.0 Å². The highest BCUT2D eigenvalue weighted by Gasteiger charge is 2.35. The van der Waals surface area contributed by atoms with Gasteiger partial charge in [0.25, 0.3) is 16.8 Å². The van der Waals surface area contributed by atoms with Crippen LogP contribution in [0.15, 0.2) is 63.9 Å². The molecule has 2 heterocycles. The maximum Gasteiger partial charge on any atom is 0.293 e. The summed E-state index contributed by atoms with van der Waals surface area (Å²) < 4.78 is 5.70. The van der Waals surface area contributed by atoms with Crippen LogP contribution in [0.1, 0.15) is 11.3 Å². The molecule has 7 nitrogen and oxygen atoms in total. The van der Waals surface area contributed by atoms with Gasteiger partial charge in [0.05, 0.1) is 21.4 Å². The number of hydrogen-bond acceptors (Lipinski definition) is 6. The number of non-ortho nitro benzene ring substituents is 1. The molecule has 4 rings (SSSR count). The highest BCUT2D eigenvalue weighted by Crippen LogP contribution is 2.36. The van der Waals surface area contributed by atoms with Crippen LogP contribution in [0.2, 0.25) is 10.0 Å². The first-order valence-corrected chi connectivity index (χ1v) is 10.4. The lowest BCUT2D eigenvalue weighted by Crippen LogP contribution is -2.27. The monoisotopic (exact) mass is 474 g/mol. The van der Waals surface area contributed by atoms with Crippen LogP contribution in [0.5, 0.6) is 0 Å². The molecule has 31 heavy (non-hydrogen) atoms. The number of hydrogen-bond donors (Lipinski definition) is 0. The Hall–Kier alpha value is -3.07. The minimum Gasteiger partial charge on any atom is -0.457 e. The molecule has 1 fully saturated rings. The van der Waals surface area contributed by atoms with Gasteiger partial charge in [0, 0.05) is 28.8 Å². The van der Waals surface area contributed by atoms with E-state index in [1.54, 1.807) is 36.4 Å². The van der Waals surface area contributed by atoms with Crippen molar-refractivity contribution in [2.24, 2.45) is 0 Å². The summed E-state index contributed by atoms with van der Waals surface area (Å²) in [6, 6.07) is 14.2. The standard InChI is InChI=1S/C21H12Cl2N2O5S/c22-16-4-2-1-3-12(16)11-24-20(26)19(31-21(24)27)10-14-6-8-18(30-14)15-9-13(25(28)29)5-7-17(15)23/h1-10H,11H2/b19-10-. The van der Waals surface area contributed by atoms with Crippen molar-refractivity contribution < 1.29 is 18.9 Å². The summed E-state index contributed by atoms with van der Waals surface area (Å²) in [5.74, 6) is 0.150. The van der Waals surface area contributed by atoms with E-state index in [1.165, 1.54) is 24.3 Å². The molecule has 0 bridgehead atoms. The van der Waals surface area contributed by atoms with E-state index in [1.807, 2.05) is 0 Å². The Kier molecular flexibility index (Phi) is 5.86. The van der Waals surface area contributed by atoms with Gasteiger partial charge in [-0.1, -0.05) is 41.4 Å². The number of nitrogens with zero attached hydrogens (tertiary/aromatic N) is 2. The third kappa shape index (κ3) is 4.36. The maximum atomic E-state index is 12.7. The van der Waals surface area contributed by atoms with Crippen LogP contribution in [0, 0.1) is 10.1 Å². The van der Waals surface area contributed by atoms with E-state index in [4.69, 9.17) is 27.6 Å². The van der Waals surface area contributed by atoms with Gasteiger partial charge < -0.3 is 4.42 Å². The molecule has 0 atom stereocenters. The first-order chi connectivity index (χ1) is 14.8. The number of nitro benzene ring substituents is 1. The minimum atomic E-state index is -0.529. The summed E-state index contributed by atoms with van der Waals surface area (Å²) in [7, 11) is 0. The minimum absolute atomic E-state index is 0.0639. The number of benzene rings is 2. The quantitative estimate of drug-likeness (QED) is 0.241. The fraction of sp³-hybridized carbons (Fsp3) is 0.0476. The highest BCUT2D eigenvalue weighted by atomic mass is 35.5. The number of furan rings is 1. The van der Waals surface area contributed by atoms with E-state index >= 15 is 0 Å². The van der Waals surface area contributed by atoms with Crippen molar-refractivity contribution in [2.45, 2.75) is 6.54 Å². The molecule has 0 saturated carbocycles. The van der Waals surface area contributed by atoms with Crippen LogP contribution in [-0.2, 0) is 11.3 Å². The zero-order valence-electron chi connectivity index (χ0n) is 15.6. The van der Waals surface area contributed by atoms with Gasteiger partial charge in [-0.15, -0.1) is 0 Å². The fourth-order valence-electron chi connectivity index (χ4n) is 2.95. The van der Waals surface area contributed by atoms with E-state index in [-0.39, 0.29) is 22.2 Å². The van der Waals surface area contributed by atoms with Gasteiger partial charge in [-0.3, -0.25) is 24.6 Å².